The number of aryl methyl sites for hydroxylation is 1. The fourth-order valence-corrected chi connectivity index (χ4v) is 1.81. The zero-order chi connectivity index (χ0) is 17.5. The molecule has 0 aliphatic heterocycles. The van der Waals surface area contributed by atoms with Gasteiger partial charge in [-0.3, -0.25) is 4.79 Å². The second kappa shape index (κ2) is 8.05. The third-order valence-electron chi connectivity index (χ3n) is 2.91. The molecule has 126 valence electrons. The smallest absolute Gasteiger partial charge is 0.344 e. The highest BCUT2D eigenvalue weighted by Gasteiger charge is 2.10. The Morgan fingerprint density at radius 3 is 2.54 bits per heavy atom. The number of amides is 1. The minimum absolute atomic E-state index is 0.0611. The lowest BCUT2D eigenvalue weighted by Gasteiger charge is -2.08. The van der Waals surface area contributed by atoms with Crippen molar-refractivity contribution in [3.8, 4) is 5.75 Å². The summed E-state index contributed by atoms with van der Waals surface area (Å²) in [5.74, 6) is -3.00. The SMILES string of the molecule is Cc1cccc(OCC(=O)OCC(=O)Nc2ccc(F)c(F)c2)c1. The summed E-state index contributed by atoms with van der Waals surface area (Å²) >= 11 is 0. The number of nitrogens with one attached hydrogen (secondary N) is 1. The zero-order valence-electron chi connectivity index (χ0n) is 12.8. The molecule has 2 aromatic rings. The van der Waals surface area contributed by atoms with E-state index >= 15 is 0 Å². The summed E-state index contributed by atoms with van der Waals surface area (Å²) in [7, 11) is 0. The Balaban J connectivity index is 1.74. The number of hydrogen-bond acceptors (Lipinski definition) is 4. The van der Waals surface area contributed by atoms with Crippen LogP contribution in [0.3, 0.4) is 0 Å². The highest BCUT2D eigenvalue weighted by Crippen LogP contribution is 2.13. The number of esters is 1. The average molecular weight is 335 g/mol. The summed E-state index contributed by atoms with van der Waals surface area (Å²) < 4.78 is 35.7. The van der Waals surface area contributed by atoms with Gasteiger partial charge in [0.05, 0.1) is 0 Å². The normalized spacial score (nSPS) is 10.1. The van der Waals surface area contributed by atoms with Crippen molar-refractivity contribution in [2.45, 2.75) is 6.92 Å². The van der Waals surface area contributed by atoms with Crippen LogP contribution < -0.4 is 10.1 Å². The van der Waals surface area contributed by atoms with Crippen LogP contribution in [-0.4, -0.2) is 25.1 Å². The molecule has 0 heterocycles. The van der Waals surface area contributed by atoms with Crippen molar-refractivity contribution in [2.75, 3.05) is 18.5 Å². The molecule has 0 fully saturated rings. The van der Waals surface area contributed by atoms with Crippen LogP contribution in [0.5, 0.6) is 5.75 Å². The first-order chi connectivity index (χ1) is 11.4. The van der Waals surface area contributed by atoms with Gasteiger partial charge in [-0.05, 0) is 36.8 Å². The first-order valence-corrected chi connectivity index (χ1v) is 7.04. The van der Waals surface area contributed by atoms with Crippen LogP contribution in [0, 0.1) is 18.6 Å². The van der Waals surface area contributed by atoms with Crippen molar-refractivity contribution in [3.63, 3.8) is 0 Å². The summed E-state index contributed by atoms with van der Waals surface area (Å²) in [5.41, 5.74) is 1.04. The molecule has 0 aliphatic rings. The summed E-state index contributed by atoms with van der Waals surface area (Å²) in [4.78, 5) is 23.1. The fourth-order valence-electron chi connectivity index (χ4n) is 1.81. The van der Waals surface area contributed by atoms with Crippen molar-refractivity contribution in [2.24, 2.45) is 0 Å². The molecule has 0 unspecified atom stereocenters. The maximum absolute atomic E-state index is 13.0. The van der Waals surface area contributed by atoms with Crippen molar-refractivity contribution in [3.05, 3.63) is 59.7 Å². The highest BCUT2D eigenvalue weighted by molar-refractivity contribution is 5.92. The van der Waals surface area contributed by atoms with Crippen LogP contribution in [0.15, 0.2) is 42.5 Å². The molecule has 0 atom stereocenters. The van der Waals surface area contributed by atoms with Gasteiger partial charge in [0.15, 0.2) is 24.8 Å². The number of carbonyl (C=O) groups is 2. The lowest BCUT2D eigenvalue weighted by molar-refractivity contribution is -0.149. The Bertz CT molecular complexity index is 749. The molecule has 1 N–H and O–H groups in total. The van der Waals surface area contributed by atoms with E-state index in [1.54, 1.807) is 18.2 Å². The summed E-state index contributed by atoms with van der Waals surface area (Å²) in [6.07, 6.45) is 0. The van der Waals surface area contributed by atoms with E-state index in [2.05, 4.69) is 5.32 Å². The Kier molecular flexibility index (Phi) is 5.83. The molecule has 0 aromatic heterocycles. The molecule has 2 rings (SSSR count). The van der Waals surface area contributed by atoms with E-state index in [0.717, 1.165) is 17.7 Å². The third kappa shape index (κ3) is 5.35. The van der Waals surface area contributed by atoms with Crippen LogP contribution in [0.4, 0.5) is 14.5 Å². The van der Waals surface area contributed by atoms with Gasteiger partial charge in [0.1, 0.15) is 5.75 Å². The van der Waals surface area contributed by atoms with Gasteiger partial charge in [-0.2, -0.15) is 0 Å². The molecule has 0 spiro atoms. The molecule has 7 heteroatoms. The Labute approximate surface area is 137 Å². The molecular formula is C17H15F2NO4. The standard InChI is InChI=1S/C17H15F2NO4/c1-11-3-2-4-13(7-11)23-10-17(22)24-9-16(21)20-12-5-6-14(18)15(19)8-12/h2-8H,9-10H2,1H3,(H,20,21). The monoisotopic (exact) mass is 335 g/mol. The summed E-state index contributed by atoms with van der Waals surface area (Å²) in [6, 6.07) is 10.0. The van der Waals surface area contributed by atoms with E-state index < -0.39 is 30.1 Å². The van der Waals surface area contributed by atoms with E-state index in [9.17, 15) is 18.4 Å². The first kappa shape index (κ1) is 17.4. The molecule has 0 bridgehead atoms. The van der Waals surface area contributed by atoms with Gasteiger partial charge in [-0.1, -0.05) is 12.1 Å². The van der Waals surface area contributed by atoms with Crippen molar-refractivity contribution < 1.29 is 27.8 Å². The quantitative estimate of drug-likeness (QED) is 0.825. The zero-order valence-corrected chi connectivity index (χ0v) is 12.8. The van der Waals surface area contributed by atoms with Crippen molar-refractivity contribution in [1.29, 1.82) is 0 Å². The highest BCUT2D eigenvalue weighted by atomic mass is 19.2. The van der Waals surface area contributed by atoms with Gasteiger partial charge >= 0.3 is 5.97 Å². The molecule has 0 aliphatic carbocycles. The van der Waals surface area contributed by atoms with Gasteiger partial charge in [0.2, 0.25) is 0 Å². The molecule has 2 aromatic carbocycles. The number of benzene rings is 2. The molecule has 5 nitrogen and oxygen atoms in total. The van der Waals surface area contributed by atoms with Gasteiger partial charge in [0, 0.05) is 11.8 Å². The van der Waals surface area contributed by atoms with Gasteiger partial charge in [-0.15, -0.1) is 0 Å². The molecule has 1 amide bonds. The van der Waals surface area contributed by atoms with E-state index in [-0.39, 0.29) is 12.3 Å². The average Bonchev–Trinajstić information content (AvgIpc) is 2.54. The molecule has 0 radical (unpaired) electrons. The van der Waals surface area contributed by atoms with Crippen molar-refractivity contribution in [1.82, 2.24) is 0 Å². The number of hydrogen-bond donors (Lipinski definition) is 1. The van der Waals surface area contributed by atoms with Crippen LogP contribution in [0.1, 0.15) is 5.56 Å². The fraction of sp³-hybridized carbons (Fsp3) is 0.176. The second-order valence-electron chi connectivity index (χ2n) is 4.94. The molecule has 0 saturated carbocycles. The number of halogens is 2. The maximum atomic E-state index is 13.0. The van der Waals surface area contributed by atoms with Gasteiger partial charge < -0.3 is 14.8 Å². The predicted octanol–water partition coefficient (Wildman–Crippen LogP) is 2.83. The van der Waals surface area contributed by atoms with Gasteiger partial charge in [-0.25, -0.2) is 13.6 Å². The number of carbonyl (C=O) groups excluding carboxylic acids is 2. The van der Waals surface area contributed by atoms with E-state index in [1.165, 1.54) is 6.07 Å². The Morgan fingerprint density at radius 1 is 1.04 bits per heavy atom. The largest absolute Gasteiger partial charge is 0.482 e. The first-order valence-electron chi connectivity index (χ1n) is 7.04. The maximum Gasteiger partial charge on any atom is 0.344 e. The van der Waals surface area contributed by atoms with Crippen LogP contribution >= 0.6 is 0 Å². The summed E-state index contributed by atoms with van der Waals surface area (Å²) in [6.45, 7) is 0.977. The molecular weight excluding hydrogens is 320 g/mol. The van der Waals surface area contributed by atoms with Crippen LogP contribution in [0.2, 0.25) is 0 Å². The lowest BCUT2D eigenvalue weighted by atomic mass is 10.2. The Morgan fingerprint density at radius 2 is 1.83 bits per heavy atom. The minimum atomic E-state index is -1.09. The van der Waals surface area contributed by atoms with Crippen LogP contribution in [-0.2, 0) is 14.3 Å². The number of rotatable bonds is 6. The number of ether oxygens (including phenoxy) is 2. The second-order valence-corrected chi connectivity index (χ2v) is 4.94. The van der Waals surface area contributed by atoms with E-state index in [1.807, 2.05) is 13.0 Å². The lowest BCUT2D eigenvalue weighted by Crippen LogP contribution is -2.23. The predicted molar refractivity (Wildman–Crippen MR) is 82.6 cm³/mol. The minimum Gasteiger partial charge on any atom is -0.482 e. The number of anilines is 1. The molecule has 0 saturated heterocycles. The third-order valence-corrected chi connectivity index (χ3v) is 2.91. The van der Waals surface area contributed by atoms with E-state index in [4.69, 9.17) is 9.47 Å². The van der Waals surface area contributed by atoms with Crippen LogP contribution in [0.25, 0.3) is 0 Å². The molecule has 24 heavy (non-hydrogen) atoms. The Hall–Kier alpha value is -2.96. The van der Waals surface area contributed by atoms with Crippen molar-refractivity contribution >= 4 is 17.6 Å². The van der Waals surface area contributed by atoms with E-state index in [0.29, 0.717) is 5.75 Å². The summed E-state index contributed by atoms with van der Waals surface area (Å²) in [5, 5.41) is 2.28. The van der Waals surface area contributed by atoms with Gasteiger partial charge in [0.25, 0.3) is 5.91 Å². The topological polar surface area (TPSA) is 64.6 Å².